The third kappa shape index (κ3) is 8.22. The number of thioether (sulfide) groups is 1. The largest absolute Gasteiger partial charge is 0.352 e. The second-order valence-electron chi connectivity index (χ2n) is 10.1. The summed E-state index contributed by atoms with van der Waals surface area (Å²) in [5, 5.41) is 3.28. The molecule has 0 aromatic heterocycles. The first-order chi connectivity index (χ1) is 18.0. The van der Waals surface area contributed by atoms with Crippen LogP contribution in [0.2, 0.25) is 0 Å². The number of carbonyl (C=O) groups excluding carboxylic acids is 2. The molecule has 1 atom stereocenters. The Morgan fingerprint density at radius 1 is 0.865 bits per heavy atom. The van der Waals surface area contributed by atoms with Crippen LogP contribution in [0.3, 0.4) is 0 Å². The van der Waals surface area contributed by atoms with Crippen molar-refractivity contribution < 1.29 is 9.59 Å². The van der Waals surface area contributed by atoms with Crippen LogP contribution in [0.4, 0.5) is 0 Å². The van der Waals surface area contributed by atoms with Crippen molar-refractivity contribution in [1.29, 1.82) is 0 Å². The van der Waals surface area contributed by atoms with E-state index in [0.29, 0.717) is 25.1 Å². The smallest absolute Gasteiger partial charge is 0.243 e. The number of nitrogens with one attached hydrogen (secondary N) is 1. The Bertz CT molecular complexity index is 1140. The minimum absolute atomic E-state index is 0.0164. The van der Waals surface area contributed by atoms with Gasteiger partial charge in [0.05, 0.1) is 0 Å². The highest BCUT2D eigenvalue weighted by atomic mass is 32.2. The molecule has 3 aromatic carbocycles. The number of aryl methyl sites for hydroxylation is 2. The van der Waals surface area contributed by atoms with Crippen LogP contribution in [0.5, 0.6) is 0 Å². The van der Waals surface area contributed by atoms with E-state index in [1.54, 1.807) is 11.8 Å². The van der Waals surface area contributed by atoms with E-state index in [1.165, 1.54) is 11.1 Å². The molecule has 0 saturated heterocycles. The van der Waals surface area contributed by atoms with Crippen LogP contribution in [0.15, 0.2) is 83.8 Å². The van der Waals surface area contributed by atoms with Crippen LogP contribution in [-0.2, 0) is 22.6 Å². The van der Waals surface area contributed by atoms with Crippen LogP contribution in [0, 0.1) is 13.8 Å². The first kappa shape index (κ1) is 27.0. The molecule has 37 heavy (non-hydrogen) atoms. The summed E-state index contributed by atoms with van der Waals surface area (Å²) in [6.07, 6.45) is 5.22. The van der Waals surface area contributed by atoms with Gasteiger partial charge in [-0.25, -0.2) is 0 Å². The molecule has 5 heteroatoms. The topological polar surface area (TPSA) is 49.4 Å². The van der Waals surface area contributed by atoms with Crippen LogP contribution in [0.1, 0.15) is 54.4 Å². The Kier molecular flexibility index (Phi) is 9.84. The van der Waals surface area contributed by atoms with Crippen molar-refractivity contribution in [3.63, 3.8) is 0 Å². The molecule has 0 unspecified atom stereocenters. The van der Waals surface area contributed by atoms with Crippen molar-refractivity contribution in [2.45, 2.75) is 75.9 Å². The van der Waals surface area contributed by atoms with Gasteiger partial charge in [-0.15, -0.1) is 11.8 Å². The Morgan fingerprint density at radius 2 is 1.49 bits per heavy atom. The molecule has 1 N–H and O–H groups in total. The predicted molar refractivity (Wildman–Crippen MR) is 153 cm³/mol. The maximum Gasteiger partial charge on any atom is 0.243 e. The van der Waals surface area contributed by atoms with E-state index in [0.717, 1.165) is 41.7 Å². The summed E-state index contributed by atoms with van der Waals surface area (Å²) in [4.78, 5) is 30.4. The molecule has 194 valence electrons. The van der Waals surface area contributed by atoms with E-state index in [9.17, 15) is 9.59 Å². The van der Waals surface area contributed by atoms with Gasteiger partial charge in [-0.3, -0.25) is 9.59 Å². The fourth-order valence-corrected chi connectivity index (χ4v) is 5.69. The normalized spacial score (nSPS) is 14.3. The molecule has 4 rings (SSSR count). The van der Waals surface area contributed by atoms with Crippen molar-refractivity contribution in [1.82, 2.24) is 10.2 Å². The fraction of sp³-hybridized carbons (Fsp3) is 0.375. The summed E-state index contributed by atoms with van der Waals surface area (Å²) >= 11 is 1.69. The van der Waals surface area contributed by atoms with Crippen molar-refractivity contribution in [3.8, 4) is 0 Å². The lowest BCUT2D eigenvalue weighted by atomic mass is 10.0. The van der Waals surface area contributed by atoms with Crippen molar-refractivity contribution in [2.24, 2.45) is 0 Å². The zero-order valence-corrected chi connectivity index (χ0v) is 22.8. The summed E-state index contributed by atoms with van der Waals surface area (Å²) in [5.74, 6) is 0.652. The first-order valence-electron chi connectivity index (χ1n) is 13.4. The highest BCUT2D eigenvalue weighted by Crippen LogP contribution is 2.23. The van der Waals surface area contributed by atoms with Gasteiger partial charge >= 0.3 is 0 Å². The Balaban J connectivity index is 1.55. The summed E-state index contributed by atoms with van der Waals surface area (Å²) < 4.78 is 0. The van der Waals surface area contributed by atoms with E-state index in [-0.39, 0.29) is 17.9 Å². The average molecular weight is 515 g/mol. The second-order valence-corrected chi connectivity index (χ2v) is 11.3. The summed E-state index contributed by atoms with van der Waals surface area (Å²) in [5.41, 5.74) is 4.50. The molecular formula is C32H38N2O2S. The number of amides is 2. The van der Waals surface area contributed by atoms with E-state index < -0.39 is 6.04 Å². The van der Waals surface area contributed by atoms with Crippen LogP contribution >= 0.6 is 11.8 Å². The van der Waals surface area contributed by atoms with E-state index in [4.69, 9.17) is 0 Å². The molecule has 1 aliphatic carbocycles. The summed E-state index contributed by atoms with van der Waals surface area (Å²) in [6.45, 7) is 4.55. The third-order valence-corrected chi connectivity index (χ3v) is 8.07. The summed E-state index contributed by atoms with van der Waals surface area (Å²) in [6, 6.07) is 26.3. The highest BCUT2D eigenvalue weighted by Gasteiger charge is 2.32. The molecule has 3 aromatic rings. The molecule has 1 saturated carbocycles. The monoisotopic (exact) mass is 514 g/mol. The van der Waals surface area contributed by atoms with Crippen molar-refractivity contribution >= 4 is 23.6 Å². The number of carbonyl (C=O) groups is 2. The lowest BCUT2D eigenvalue weighted by molar-refractivity contribution is -0.141. The number of hydrogen-bond acceptors (Lipinski definition) is 3. The number of hydrogen-bond donors (Lipinski definition) is 1. The van der Waals surface area contributed by atoms with Gasteiger partial charge in [-0.1, -0.05) is 90.7 Å². The standard InChI is InChI=1S/C32H38N2O2S/c1-24-12-16-27(17-13-24)23-34(31(35)20-21-37-29-18-14-25(2)15-19-29)30(22-26-8-4-3-5-9-26)32(36)33-28-10-6-7-11-28/h3-5,8-9,12-19,28,30H,6-7,10-11,20-23H2,1-2H3,(H,33,36)/t30-/m0/s1. The van der Waals surface area contributed by atoms with Gasteiger partial charge in [0.25, 0.3) is 0 Å². The minimum atomic E-state index is -0.554. The maximum absolute atomic E-state index is 13.8. The maximum atomic E-state index is 13.8. The Morgan fingerprint density at radius 3 is 2.14 bits per heavy atom. The molecule has 0 radical (unpaired) electrons. The molecule has 0 heterocycles. The van der Waals surface area contributed by atoms with Crippen molar-refractivity contribution in [2.75, 3.05) is 5.75 Å². The number of rotatable bonds is 11. The Hall–Kier alpha value is -3.05. The van der Waals surface area contributed by atoms with Gasteiger partial charge in [-0.2, -0.15) is 0 Å². The molecule has 0 bridgehead atoms. The SMILES string of the molecule is Cc1ccc(CN(C(=O)CCSc2ccc(C)cc2)[C@@H](Cc2ccccc2)C(=O)NC2CCCC2)cc1. The lowest BCUT2D eigenvalue weighted by Gasteiger charge is -2.32. The molecule has 0 aliphatic heterocycles. The summed E-state index contributed by atoms with van der Waals surface area (Å²) in [7, 11) is 0. The average Bonchev–Trinajstić information content (AvgIpc) is 3.42. The zero-order valence-electron chi connectivity index (χ0n) is 22.0. The van der Waals surface area contributed by atoms with E-state index in [2.05, 4.69) is 67.7 Å². The minimum Gasteiger partial charge on any atom is -0.352 e. The highest BCUT2D eigenvalue weighted by molar-refractivity contribution is 7.99. The number of benzene rings is 3. The van der Waals surface area contributed by atoms with E-state index >= 15 is 0 Å². The van der Waals surface area contributed by atoms with Gasteiger partial charge in [0, 0.05) is 36.1 Å². The van der Waals surface area contributed by atoms with Gasteiger partial charge < -0.3 is 10.2 Å². The second kappa shape index (κ2) is 13.5. The zero-order chi connectivity index (χ0) is 26.0. The molecule has 1 aliphatic rings. The molecule has 4 nitrogen and oxygen atoms in total. The van der Waals surface area contributed by atoms with Crippen LogP contribution < -0.4 is 5.32 Å². The lowest BCUT2D eigenvalue weighted by Crippen LogP contribution is -2.52. The van der Waals surface area contributed by atoms with Crippen LogP contribution in [0.25, 0.3) is 0 Å². The number of nitrogens with zero attached hydrogens (tertiary/aromatic N) is 1. The molecule has 1 fully saturated rings. The van der Waals surface area contributed by atoms with E-state index in [1.807, 2.05) is 35.2 Å². The van der Waals surface area contributed by atoms with Gasteiger partial charge in [0.1, 0.15) is 6.04 Å². The Labute approximate surface area is 225 Å². The third-order valence-electron chi connectivity index (χ3n) is 7.05. The molecule has 2 amide bonds. The van der Waals surface area contributed by atoms with Crippen LogP contribution in [-0.4, -0.2) is 34.6 Å². The quantitative estimate of drug-likeness (QED) is 0.298. The van der Waals surface area contributed by atoms with Gasteiger partial charge in [0.2, 0.25) is 11.8 Å². The molecule has 0 spiro atoms. The molecular weight excluding hydrogens is 476 g/mol. The van der Waals surface area contributed by atoms with Gasteiger partial charge in [0.15, 0.2) is 0 Å². The van der Waals surface area contributed by atoms with Crippen molar-refractivity contribution in [3.05, 3.63) is 101 Å². The fourth-order valence-electron chi connectivity index (χ4n) is 4.85. The first-order valence-corrected chi connectivity index (χ1v) is 14.4. The van der Waals surface area contributed by atoms with Gasteiger partial charge in [-0.05, 0) is 49.9 Å². The predicted octanol–water partition coefficient (Wildman–Crippen LogP) is 6.48.